The van der Waals surface area contributed by atoms with Gasteiger partial charge in [0.25, 0.3) is 0 Å². The first-order valence-corrected chi connectivity index (χ1v) is 9.41. The zero-order chi connectivity index (χ0) is 18.1. The summed E-state index contributed by atoms with van der Waals surface area (Å²) in [5.74, 6) is -0.127. The van der Waals surface area contributed by atoms with E-state index in [1.165, 1.54) is 5.56 Å². The molecule has 136 valence electrons. The van der Waals surface area contributed by atoms with Gasteiger partial charge in [-0.25, -0.2) is 4.39 Å². The minimum Gasteiger partial charge on any atom is -0.339 e. The largest absolute Gasteiger partial charge is 0.339 e. The van der Waals surface area contributed by atoms with Crippen LogP contribution in [0.2, 0.25) is 0 Å². The number of aryl methyl sites for hydroxylation is 1. The SMILES string of the molecule is Cc1ccc(C2(C(=O)N3CCN(Cc4ccccc4)CC3)CC2)c(F)c1. The van der Waals surface area contributed by atoms with Crippen molar-refractivity contribution >= 4 is 5.91 Å². The van der Waals surface area contributed by atoms with E-state index in [1.54, 1.807) is 12.1 Å². The van der Waals surface area contributed by atoms with Crippen molar-refractivity contribution in [1.29, 1.82) is 0 Å². The van der Waals surface area contributed by atoms with E-state index in [4.69, 9.17) is 0 Å². The van der Waals surface area contributed by atoms with Crippen LogP contribution in [0.1, 0.15) is 29.5 Å². The molecule has 2 aromatic rings. The first-order valence-electron chi connectivity index (χ1n) is 9.41. The number of hydrogen-bond donors (Lipinski definition) is 0. The number of piperazine rings is 1. The Kier molecular flexibility index (Phi) is 4.53. The Balaban J connectivity index is 1.40. The van der Waals surface area contributed by atoms with Crippen molar-refractivity contribution in [2.75, 3.05) is 26.2 Å². The van der Waals surface area contributed by atoms with Crippen molar-refractivity contribution in [3.05, 3.63) is 71.0 Å². The number of amides is 1. The number of halogens is 1. The average Bonchev–Trinajstić information content (AvgIpc) is 3.44. The predicted octanol–water partition coefficient (Wildman–Crippen LogP) is 3.51. The van der Waals surface area contributed by atoms with Crippen LogP contribution in [0.5, 0.6) is 0 Å². The van der Waals surface area contributed by atoms with Gasteiger partial charge in [-0.1, -0.05) is 42.5 Å². The number of carbonyl (C=O) groups is 1. The summed E-state index contributed by atoms with van der Waals surface area (Å²) in [6.45, 7) is 5.97. The monoisotopic (exact) mass is 352 g/mol. The van der Waals surface area contributed by atoms with Crippen molar-refractivity contribution in [2.45, 2.75) is 31.7 Å². The van der Waals surface area contributed by atoms with Crippen LogP contribution in [0, 0.1) is 12.7 Å². The van der Waals surface area contributed by atoms with Gasteiger partial charge in [-0.3, -0.25) is 9.69 Å². The third-order valence-corrected chi connectivity index (χ3v) is 5.71. The molecule has 0 unspecified atom stereocenters. The van der Waals surface area contributed by atoms with Crippen LogP contribution >= 0.6 is 0 Å². The lowest BCUT2D eigenvalue weighted by atomic mass is 9.92. The molecule has 1 saturated heterocycles. The molecule has 2 aromatic carbocycles. The highest BCUT2D eigenvalue weighted by Gasteiger charge is 2.54. The third kappa shape index (κ3) is 3.26. The van der Waals surface area contributed by atoms with Crippen LogP contribution in [0.3, 0.4) is 0 Å². The van der Waals surface area contributed by atoms with Crippen molar-refractivity contribution in [2.24, 2.45) is 0 Å². The van der Waals surface area contributed by atoms with Gasteiger partial charge in [0.1, 0.15) is 5.82 Å². The lowest BCUT2D eigenvalue weighted by molar-refractivity contribution is -0.135. The second-order valence-corrected chi connectivity index (χ2v) is 7.62. The third-order valence-electron chi connectivity index (χ3n) is 5.71. The Morgan fingerprint density at radius 3 is 2.35 bits per heavy atom. The summed E-state index contributed by atoms with van der Waals surface area (Å²) >= 11 is 0. The smallest absolute Gasteiger partial charge is 0.233 e. The highest BCUT2D eigenvalue weighted by Crippen LogP contribution is 2.50. The first-order chi connectivity index (χ1) is 12.6. The van der Waals surface area contributed by atoms with Gasteiger partial charge in [0.2, 0.25) is 5.91 Å². The van der Waals surface area contributed by atoms with Crippen LogP contribution < -0.4 is 0 Å². The van der Waals surface area contributed by atoms with Crippen LogP contribution in [0.25, 0.3) is 0 Å². The van der Waals surface area contributed by atoms with Gasteiger partial charge in [0, 0.05) is 38.3 Å². The fourth-order valence-electron chi connectivity index (χ4n) is 3.99. The molecule has 0 spiro atoms. The number of hydrogen-bond acceptors (Lipinski definition) is 2. The minimum atomic E-state index is -0.612. The van der Waals surface area contributed by atoms with Crippen LogP contribution in [-0.4, -0.2) is 41.9 Å². The summed E-state index contributed by atoms with van der Waals surface area (Å²) in [6.07, 6.45) is 1.52. The van der Waals surface area contributed by atoms with E-state index in [0.717, 1.165) is 51.1 Å². The maximum absolute atomic E-state index is 14.4. The molecule has 0 N–H and O–H groups in total. The van der Waals surface area contributed by atoms with Crippen molar-refractivity contribution in [1.82, 2.24) is 9.80 Å². The first kappa shape index (κ1) is 17.2. The quantitative estimate of drug-likeness (QED) is 0.841. The molecular formula is C22H25FN2O. The Bertz CT molecular complexity index is 793. The highest BCUT2D eigenvalue weighted by atomic mass is 19.1. The Morgan fingerprint density at radius 2 is 1.73 bits per heavy atom. The molecule has 4 heteroatoms. The van der Waals surface area contributed by atoms with Gasteiger partial charge in [-0.15, -0.1) is 0 Å². The molecule has 1 amide bonds. The molecule has 2 fully saturated rings. The van der Waals surface area contributed by atoms with E-state index in [1.807, 2.05) is 24.0 Å². The van der Waals surface area contributed by atoms with Crippen molar-refractivity contribution < 1.29 is 9.18 Å². The van der Waals surface area contributed by atoms with Crippen LogP contribution in [0.4, 0.5) is 4.39 Å². The molecule has 1 saturated carbocycles. The summed E-state index contributed by atoms with van der Waals surface area (Å²) in [5.41, 5.74) is 2.16. The summed E-state index contributed by atoms with van der Waals surface area (Å²) < 4.78 is 14.4. The predicted molar refractivity (Wildman–Crippen MR) is 100 cm³/mol. The molecule has 2 aliphatic rings. The lowest BCUT2D eigenvalue weighted by Gasteiger charge is -2.36. The molecule has 1 aliphatic heterocycles. The summed E-state index contributed by atoms with van der Waals surface area (Å²) in [7, 11) is 0. The maximum atomic E-state index is 14.4. The lowest BCUT2D eigenvalue weighted by Crippen LogP contribution is -2.51. The van der Waals surface area contributed by atoms with E-state index in [0.29, 0.717) is 5.56 Å². The fraction of sp³-hybridized carbons (Fsp3) is 0.409. The van der Waals surface area contributed by atoms with Gasteiger partial charge in [-0.05, 0) is 37.0 Å². The van der Waals surface area contributed by atoms with Crippen LogP contribution in [0.15, 0.2) is 48.5 Å². The molecule has 3 nitrogen and oxygen atoms in total. The van der Waals surface area contributed by atoms with E-state index in [-0.39, 0.29) is 11.7 Å². The number of benzene rings is 2. The molecule has 0 atom stereocenters. The number of nitrogens with zero attached hydrogens (tertiary/aromatic N) is 2. The molecule has 0 aromatic heterocycles. The van der Waals surface area contributed by atoms with Crippen molar-refractivity contribution in [3.63, 3.8) is 0 Å². The van der Waals surface area contributed by atoms with E-state index >= 15 is 0 Å². The second-order valence-electron chi connectivity index (χ2n) is 7.62. The summed E-state index contributed by atoms with van der Waals surface area (Å²) in [4.78, 5) is 17.4. The van der Waals surface area contributed by atoms with Gasteiger partial charge in [0.15, 0.2) is 0 Å². The summed E-state index contributed by atoms with van der Waals surface area (Å²) in [5, 5.41) is 0. The van der Waals surface area contributed by atoms with Gasteiger partial charge in [-0.2, -0.15) is 0 Å². The van der Waals surface area contributed by atoms with Crippen LogP contribution in [-0.2, 0) is 16.8 Å². The molecule has 1 aliphatic carbocycles. The topological polar surface area (TPSA) is 23.6 Å². The minimum absolute atomic E-state index is 0.111. The summed E-state index contributed by atoms with van der Waals surface area (Å²) in [6, 6.07) is 15.7. The van der Waals surface area contributed by atoms with Gasteiger partial charge < -0.3 is 4.90 Å². The number of rotatable bonds is 4. The average molecular weight is 352 g/mol. The fourth-order valence-corrected chi connectivity index (χ4v) is 3.99. The molecular weight excluding hydrogens is 327 g/mol. The van der Waals surface area contributed by atoms with E-state index in [2.05, 4.69) is 29.2 Å². The zero-order valence-electron chi connectivity index (χ0n) is 15.2. The van der Waals surface area contributed by atoms with Gasteiger partial charge >= 0.3 is 0 Å². The Labute approximate surface area is 154 Å². The zero-order valence-corrected chi connectivity index (χ0v) is 15.2. The van der Waals surface area contributed by atoms with E-state index < -0.39 is 5.41 Å². The number of carbonyl (C=O) groups excluding carboxylic acids is 1. The molecule has 0 radical (unpaired) electrons. The second kappa shape index (κ2) is 6.84. The van der Waals surface area contributed by atoms with E-state index in [9.17, 15) is 9.18 Å². The standard InChI is InChI=1S/C22H25FN2O/c1-17-7-8-19(20(23)15-17)22(9-10-22)21(26)25-13-11-24(12-14-25)16-18-5-3-2-4-6-18/h2-8,15H,9-14,16H2,1H3. The maximum Gasteiger partial charge on any atom is 0.233 e. The molecule has 26 heavy (non-hydrogen) atoms. The normalized spacial score (nSPS) is 19.4. The Morgan fingerprint density at radius 1 is 1.04 bits per heavy atom. The Hall–Kier alpha value is -2.20. The molecule has 4 rings (SSSR count). The molecule has 1 heterocycles. The molecule has 0 bridgehead atoms. The van der Waals surface area contributed by atoms with Crippen molar-refractivity contribution in [3.8, 4) is 0 Å². The highest BCUT2D eigenvalue weighted by molar-refractivity contribution is 5.91. The van der Waals surface area contributed by atoms with Gasteiger partial charge in [0.05, 0.1) is 5.41 Å².